The monoisotopic (exact) mass is 419 g/mol. The average molecular weight is 419 g/mol. The summed E-state index contributed by atoms with van der Waals surface area (Å²) in [5.41, 5.74) is 4.49. The molecule has 13 nitrogen and oxygen atoms in total. The maximum atomic E-state index is 11.8. The number of nitrogen functional groups attached to an aromatic ring is 1. The fourth-order valence-electron chi connectivity index (χ4n) is 2.04. The van der Waals surface area contributed by atoms with Crippen LogP contribution >= 0.6 is 14.5 Å². The average Bonchev–Trinajstić information content (AvgIpc) is 2.71. The van der Waals surface area contributed by atoms with Crippen LogP contribution in [0.1, 0.15) is 6.23 Å². The van der Waals surface area contributed by atoms with E-state index in [1.165, 1.54) is 12.3 Å². The summed E-state index contributed by atoms with van der Waals surface area (Å²) in [6.45, 7) is -5.25. The lowest BCUT2D eigenvalue weighted by atomic mass is 10.1. The molecule has 7 N–H and O–H groups in total. The van der Waals surface area contributed by atoms with Gasteiger partial charge in [0.25, 0.3) is 0 Å². The predicted molar refractivity (Wildman–Crippen MR) is 84.4 cm³/mol. The van der Waals surface area contributed by atoms with Gasteiger partial charge in [0.15, 0.2) is 6.23 Å². The molecular weight excluding hydrogens is 404 g/mol. The zero-order valence-corrected chi connectivity index (χ0v) is 14.8. The zero-order valence-electron chi connectivity index (χ0n) is 12.2. The second kappa shape index (κ2) is 7.47. The first kappa shape index (κ1) is 20.6. The molecule has 1 aromatic rings. The molecule has 1 aliphatic rings. The molecule has 1 saturated heterocycles. The molecule has 0 aliphatic carbocycles. The minimum atomic E-state index is -4.95. The van der Waals surface area contributed by atoms with E-state index in [0.717, 1.165) is 4.57 Å². The topological polar surface area (TPSA) is 207 Å². The normalized spacial score (nSPS) is 29.5. The number of ether oxygens (including phenoxy) is 1. The van der Waals surface area contributed by atoms with Crippen LogP contribution in [0.5, 0.6) is 0 Å². The molecule has 1 fully saturated rings. The molecule has 0 saturated carbocycles. The molecule has 1 aromatic heterocycles. The van der Waals surface area contributed by atoms with Gasteiger partial charge in [-0.1, -0.05) is 0 Å². The van der Waals surface area contributed by atoms with Gasteiger partial charge in [-0.2, -0.15) is 4.98 Å². The van der Waals surface area contributed by atoms with Gasteiger partial charge in [-0.25, -0.2) is 13.7 Å². The molecule has 1 unspecified atom stereocenters. The summed E-state index contributed by atoms with van der Waals surface area (Å²) in [6.07, 6.45) is -4.70. The van der Waals surface area contributed by atoms with Crippen molar-refractivity contribution in [2.75, 3.05) is 12.3 Å². The van der Waals surface area contributed by atoms with Crippen LogP contribution in [0, 0.1) is 0 Å². The van der Waals surface area contributed by atoms with E-state index in [-0.39, 0.29) is 5.82 Å². The van der Waals surface area contributed by atoms with Crippen molar-refractivity contribution < 1.29 is 43.0 Å². The first-order valence-corrected chi connectivity index (χ1v) is 10.6. The summed E-state index contributed by atoms with van der Waals surface area (Å²) in [5.74, 6) is -0.0590. The molecule has 25 heavy (non-hydrogen) atoms. The maximum absolute atomic E-state index is 11.8. The highest BCUT2D eigenvalue weighted by atomic mass is 32.5. The summed E-state index contributed by atoms with van der Waals surface area (Å²) < 4.78 is 26.0. The Morgan fingerprint density at radius 2 is 2.00 bits per heavy atom. The number of aliphatic hydroxyl groups excluding tert-OH is 2. The van der Waals surface area contributed by atoms with E-state index in [4.69, 9.17) is 20.3 Å². The smallest absolute Gasteiger partial charge is 0.387 e. The SMILES string of the molecule is Nc1ccn([C@@H]2O[C@H](COP(=O)(O)OP(O)(O)=S)[C@@H](O)[C@H]2O)c(=O)n1. The first-order chi connectivity index (χ1) is 11.4. The van der Waals surface area contributed by atoms with E-state index in [1.54, 1.807) is 0 Å². The highest BCUT2D eigenvalue weighted by Gasteiger charge is 2.45. The first-order valence-electron chi connectivity index (χ1n) is 6.50. The van der Waals surface area contributed by atoms with Crippen LogP contribution in [-0.4, -0.2) is 59.4 Å². The Hall–Kier alpha value is -0.760. The molecule has 16 heteroatoms. The van der Waals surface area contributed by atoms with Gasteiger partial charge in [0.1, 0.15) is 24.1 Å². The molecule has 142 valence electrons. The summed E-state index contributed by atoms with van der Waals surface area (Å²) >= 11 is 4.04. The number of nitrogens with zero attached hydrogens (tertiary/aromatic N) is 2. The second-order valence-electron chi connectivity index (χ2n) is 4.93. The van der Waals surface area contributed by atoms with Gasteiger partial charge in [-0.05, 0) is 17.9 Å². The van der Waals surface area contributed by atoms with Crippen molar-refractivity contribution in [2.45, 2.75) is 24.5 Å². The maximum Gasteiger partial charge on any atom is 0.479 e. The fourth-order valence-corrected chi connectivity index (χ4v) is 4.40. The Morgan fingerprint density at radius 1 is 1.36 bits per heavy atom. The van der Waals surface area contributed by atoms with Gasteiger partial charge in [0.2, 0.25) is 0 Å². The molecule has 2 heterocycles. The molecular formula is C9H15N3O10P2S. The van der Waals surface area contributed by atoms with Crippen molar-refractivity contribution in [1.82, 2.24) is 9.55 Å². The van der Waals surface area contributed by atoms with Crippen LogP contribution in [0.3, 0.4) is 0 Å². The van der Waals surface area contributed by atoms with Crippen LogP contribution in [0.15, 0.2) is 17.1 Å². The number of aromatic nitrogens is 2. The second-order valence-corrected chi connectivity index (χ2v) is 9.18. The number of phosphoric ester groups is 1. The van der Waals surface area contributed by atoms with Crippen molar-refractivity contribution in [1.29, 1.82) is 0 Å². The van der Waals surface area contributed by atoms with Crippen LogP contribution in [0.25, 0.3) is 0 Å². The summed E-state index contributed by atoms with van der Waals surface area (Å²) in [5, 5.41) is 19.9. The fraction of sp³-hybridized carbons (Fsp3) is 0.556. The number of hydrogen-bond donors (Lipinski definition) is 6. The number of anilines is 1. The number of phosphoric acid groups is 1. The Bertz CT molecular complexity index is 783. The van der Waals surface area contributed by atoms with Crippen molar-refractivity contribution in [3.8, 4) is 0 Å². The van der Waals surface area contributed by atoms with E-state index in [9.17, 15) is 24.5 Å². The molecule has 0 amide bonds. The van der Waals surface area contributed by atoms with Gasteiger partial charge in [-0.3, -0.25) is 9.09 Å². The van der Waals surface area contributed by atoms with E-state index in [0.29, 0.717) is 0 Å². The third kappa shape index (κ3) is 5.36. The molecule has 2 rings (SSSR count). The third-order valence-electron chi connectivity index (χ3n) is 3.07. The lowest BCUT2D eigenvalue weighted by Crippen LogP contribution is -2.36. The minimum Gasteiger partial charge on any atom is -0.387 e. The number of hydrogen-bond acceptors (Lipinski definition) is 10. The molecule has 5 atom stereocenters. The Kier molecular flexibility index (Phi) is 6.14. The van der Waals surface area contributed by atoms with E-state index < -0.39 is 51.4 Å². The van der Waals surface area contributed by atoms with Crippen LogP contribution in [-0.2, 0) is 29.9 Å². The van der Waals surface area contributed by atoms with Crippen molar-refractivity contribution >= 4 is 32.2 Å². The van der Waals surface area contributed by atoms with Gasteiger partial charge in [-0.15, -0.1) is 0 Å². The summed E-state index contributed by atoms with van der Waals surface area (Å²) in [7, 11) is -4.95. The van der Waals surface area contributed by atoms with Crippen LogP contribution < -0.4 is 11.4 Å². The highest BCUT2D eigenvalue weighted by Crippen LogP contribution is 2.57. The van der Waals surface area contributed by atoms with Gasteiger partial charge < -0.3 is 35.4 Å². The van der Waals surface area contributed by atoms with Gasteiger partial charge in [0.05, 0.1) is 6.61 Å². The van der Waals surface area contributed by atoms with Crippen molar-refractivity contribution in [3.05, 3.63) is 22.7 Å². The third-order valence-corrected chi connectivity index (χ3v) is 5.83. The van der Waals surface area contributed by atoms with Crippen LogP contribution in [0.2, 0.25) is 0 Å². The standard InChI is InChI=1S/C9H15N3O10P2S/c10-5-1-2-12(9(15)11-5)8-7(14)6(13)4(21-8)3-20-23(16,17)22-24(18,19)25/h1-2,4,6-8,13-14H,3H2,(H,16,17)(H2,10,11,15)(H2,18,19,25)/t4-,6-,7-,8-/m1/s1. The predicted octanol–water partition coefficient (Wildman–Crippen LogP) is -2.21. The largest absolute Gasteiger partial charge is 0.479 e. The molecule has 0 spiro atoms. The van der Waals surface area contributed by atoms with Crippen molar-refractivity contribution in [3.63, 3.8) is 0 Å². The number of aliphatic hydroxyl groups is 2. The van der Waals surface area contributed by atoms with Gasteiger partial charge >= 0.3 is 20.2 Å². The highest BCUT2D eigenvalue weighted by molar-refractivity contribution is 8.08. The number of rotatable bonds is 6. The molecule has 0 aromatic carbocycles. The molecule has 0 radical (unpaired) electrons. The Balaban J connectivity index is 2.08. The minimum absolute atomic E-state index is 0.0590. The van der Waals surface area contributed by atoms with Gasteiger partial charge in [0, 0.05) is 6.20 Å². The zero-order chi connectivity index (χ0) is 19.0. The summed E-state index contributed by atoms with van der Waals surface area (Å²) in [6, 6.07) is 1.26. The van der Waals surface area contributed by atoms with E-state index in [2.05, 4.69) is 25.6 Å². The molecule has 0 bridgehead atoms. The lowest BCUT2D eigenvalue weighted by Gasteiger charge is -2.18. The summed E-state index contributed by atoms with van der Waals surface area (Å²) in [4.78, 5) is 42.2. The Morgan fingerprint density at radius 3 is 2.56 bits per heavy atom. The van der Waals surface area contributed by atoms with E-state index in [1.807, 2.05) is 0 Å². The lowest BCUT2D eigenvalue weighted by molar-refractivity contribution is -0.0540. The van der Waals surface area contributed by atoms with E-state index >= 15 is 0 Å². The Labute approximate surface area is 145 Å². The van der Waals surface area contributed by atoms with Crippen LogP contribution in [0.4, 0.5) is 5.82 Å². The molecule has 1 aliphatic heterocycles. The number of nitrogens with two attached hydrogens (primary N) is 1. The van der Waals surface area contributed by atoms with Crippen molar-refractivity contribution in [2.24, 2.45) is 0 Å². The quantitative estimate of drug-likeness (QED) is 0.271.